The molecule has 1 aliphatic heterocycles. The largest absolute Gasteiger partial charge is 0.491 e. The minimum Gasteiger partial charge on any atom is -0.491 e. The summed E-state index contributed by atoms with van der Waals surface area (Å²) < 4.78 is 7.51. The SMILES string of the molecule is CCN1C(=O)C(C#N)=C(C)/C(=C\c2cn(-c3ccccc3)nc2-c2ccc(OC(C)C)cc2)C1=O. The maximum atomic E-state index is 13.2. The van der Waals surface area contributed by atoms with Gasteiger partial charge >= 0.3 is 0 Å². The van der Waals surface area contributed by atoms with Gasteiger partial charge in [0.05, 0.1) is 17.5 Å². The second-order valence-electron chi connectivity index (χ2n) is 8.43. The van der Waals surface area contributed by atoms with Crippen molar-refractivity contribution in [1.82, 2.24) is 14.7 Å². The number of benzene rings is 2. The highest BCUT2D eigenvalue weighted by Crippen LogP contribution is 2.31. The molecule has 0 saturated carbocycles. The molecule has 0 fully saturated rings. The van der Waals surface area contributed by atoms with Crippen molar-refractivity contribution >= 4 is 17.9 Å². The molecule has 2 heterocycles. The Morgan fingerprint density at radius 3 is 2.34 bits per heavy atom. The molecule has 0 aliphatic carbocycles. The number of hydrogen-bond donors (Lipinski definition) is 0. The van der Waals surface area contributed by atoms with Crippen molar-refractivity contribution in [2.75, 3.05) is 6.54 Å². The van der Waals surface area contributed by atoms with Crippen molar-refractivity contribution in [3.05, 3.63) is 83.1 Å². The minimum absolute atomic E-state index is 0.0233. The van der Waals surface area contributed by atoms with Crippen molar-refractivity contribution in [2.45, 2.75) is 33.8 Å². The number of imide groups is 1. The molecule has 7 nitrogen and oxygen atoms in total. The van der Waals surface area contributed by atoms with Crippen LogP contribution in [0.1, 0.15) is 33.3 Å². The van der Waals surface area contributed by atoms with Gasteiger partial charge in [-0.05, 0) is 75.7 Å². The van der Waals surface area contributed by atoms with E-state index in [1.807, 2.05) is 80.7 Å². The Morgan fingerprint density at radius 1 is 1.06 bits per heavy atom. The summed E-state index contributed by atoms with van der Waals surface area (Å²) in [6, 6.07) is 19.2. The minimum atomic E-state index is -0.560. The van der Waals surface area contributed by atoms with Gasteiger partial charge in [-0.15, -0.1) is 0 Å². The molecule has 0 atom stereocenters. The molecule has 176 valence electrons. The number of nitriles is 1. The lowest BCUT2D eigenvalue weighted by atomic mass is 9.93. The van der Waals surface area contributed by atoms with Crippen molar-refractivity contribution < 1.29 is 14.3 Å². The third-order valence-corrected chi connectivity index (χ3v) is 5.70. The van der Waals surface area contributed by atoms with Crippen molar-refractivity contribution in [3.8, 4) is 28.8 Å². The lowest BCUT2D eigenvalue weighted by molar-refractivity contribution is -0.140. The van der Waals surface area contributed by atoms with E-state index in [9.17, 15) is 14.9 Å². The highest BCUT2D eigenvalue weighted by Gasteiger charge is 2.34. The van der Waals surface area contributed by atoms with E-state index >= 15 is 0 Å². The molecular formula is C28H26N4O3. The van der Waals surface area contributed by atoms with Crippen LogP contribution >= 0.6 is 0 Å². The van der Waals surface area contributed by atoms with Crippen LogP contribution in [0.25, 0.3) is 23.0 Å². The first-order valence-electron chi connectivity index (χ1n) is 11.5. The topological polar surface area (TPSA) is 88.2 Å². The van der Waals surface area contributed by atoms with E-state index in [-0.39, 0.29) is 18.2 Å². The molecule has 1 aliphatic rings. The average Bonchev–Trinajstić information content (AvgIpc) is 3.27. The van der Waals surface area contributed by atoms with E-state index < -0.39 is 11.8 Å². The number of nitrogens with zero attached hydrogens (tertiary/aromatic N) is 4. The molecule has 0 spiro atoms. The van der Waals surface area contributed by atoms with E-state index in [0.717, 1.165) is 21.9 Å². The second-order valence-corrected chi connectivity index (χ2v) is 8.43. The summed E-state index contributed by atoms with van der Waals surface area (Å²) in [5.41, 5.74) is 3.71. The van der Waals surface area contributed by atoms with Gasteiger partial charge in [0.2, 0.25) is 0 Å². The number of aromatic nitrogens is 2. The van der Waals surface area contributed by atoms with Crippen molar-refractivity contribution in [1.29, 1.82) is 5.26 Å². The van der Waals surface area contributed by atoms with Gasteiger partial charge in [0.25, 0.3) is 11.8 Å². The quantitative estimate of drug-likeness (QED) is 0.379. The molecule has 0 N–H and O–H groups in total. The molecule has 4 rings (SSSR count). The predicted octanol–water partition coefficient (Wildman–Crippen LogP) is 4.94. The molecule has 0 saturated heterocycles. The molecule has 2 amide bonds. The average molecular weight is 467 g/mol. The van der Waals surface area contributed by atoms with Crippen LogP contribution in [0.15, 0.2) is 77.5 Å². The molecule has 2 aromatic carbocycles. The normalized spacial score (nSPS) is 15.2. The fourth-order valence-electron chi connectivity index (χ4n) is 3.97. The molecule has 3 aromatic rings. The van der Waals surface area contributed by atoms with Gasteiger partial charge in [-0.3, -0.25) is 14.5 Å². The smallest absolute Gasteiger partial charge is 0.271 e. The summed E-state index contributed by atoms with van der Waals surface area (Å²) in [7, 11) is 0. The van der Waals surface area contributed by atoms with Crippen molar-refractivity contribution in [3.63, 3.8) is 0 Å². The molecule has 0 bridgehead atoms. The van der Waals surface area contributed by atoms with Gasteiger partial charge in [-0.25, -0.2) is 4.68 Å². The van der Waals surface area contributed by atoms with Gasteiger partial charge in [-0.1, -0.05) is 18.2 Å². The first-order valence-corrected chi connectivity index (χ1v) is 11.5. The number of carbonyl (C=O) groups excluding carboxylic acids is 2. The molecule has 7 heteroatoms. The zero-order valence-corrected chi connectivity index (χ0v) is 20.1. The first-order chi connectivity index (χ1) is 16.8. The number of hydrogen-bond acceptors (Lipinski definition) is 5. The summed E-state index contributed by atoms with van der Waals surface area (Å²) in [5, 5.41) is 14.4. The number of likely N-dealkylation sites (N-methyl/N-ethyl adjacent to an activating group) is 1. The summed E-state index contributed by atoms with van der Waals surface area (Å²) in [6.07, 6.45) is 3.61. The third kappa shape index (κ3) is 4.64. The molecule has 1 aromatic heterocycles. The van der Waals surface area contributed by atoms with E-state index in [0.29, 0.717) is 22.4 Å². The zero-order chi connectivity index (χ0) is 25.1. The van der Waals surface area contributed by atoms with Crippen LogP contribution in [0.3, 0.4) is 0 Å². The standard InChI is InChI=1S/C28H26N4O3/c1-5-31-27(33)24(19(4)25(16-29)28(31)34)15-21-17-32(22-9-7-6-8-10-22)30-26(21)20-11-13-23(14-12-20)35-18(2)3/h6-15,17-18H,5H2,1-4H3/b24-15+. The molecule has 0 radical (unpaired) electrons. The fraction of sp³-hybridized carbons (Fsp3) is 0.214. The maximum Gasteiger partial charge on any atom is 0.271 e. The van der Waals surface area contributed by atoms with Crippen LogP contribution in [0, 0.1) is 11.3 Å². The van der Waals surface area contributed by atoms with Gasteiger partial charge < -0.3 is 4.74 Å². The summed E-state index contributed by atoms with van der Waals surface area (Å²) in [6.45, 7) is 7.46. The van der Waals surface area contributed by atoms with Crippen LogP contribution in [0.2, 0.25) is 0 Å². The Kier molecular flexibility index (Phi) is 6.65. The Hall–Kier alpha value is -4.44. The first kappa shape index (κ1) is 23.7. The van der Waals surface area contributed by atoms with Gasteiger partial charge in [0.15, 0.2) is 0 Å². The number of para-hydroxylation sites is 1. The van der Waals surface area contributed by atoms with Crippen LogP contribution in [0.4, 0.5) is 0 Å². The van der Waals surface area contributed by atoms with E-state index in [1.54, 1.807) is 24.6 Å². The van der Waals surface area contributed by atoms with Gasteiger partial charge in [-0.2, -0.15) is 10.4 Å². The highest BCUT2D eigenvalue weighted by atomic mass is 16.5. The number of ether oxygens (including phenoxy) is 1. The number of rotatable bonds is 6. The highest BCUT2D eigenvalue weighted by molar-refractivity contribution is 6.19. The van der Waals surface area contributed by atoms with Crippen LogP contribution in [0.5, 0.6) is 5.75 Å². The number of carbonyl (C=O) groups is 2. The summed E-state index contributed by atoms with van der Waals surface area (Å²) in [5.74, 6) is -0.230. The Balaban J connectivity index is 1.88. The zero-order valence-electron chi connectivity index (χ0n) is 20.1. The lowest BCUT2D eigenvalue weighted by Crippen LogP contribution is -2.42. The maximum absolute atomic E-state index is 13.2. The Bertz CT molecular complexity index is 1370. The fourth-order valence-corrected chi connectivity index (χ4v) is 3.97. The number of amides is 2. The van der Waals surface area contributed by atoms with Crippen LogP contribution < -0.4 is 4.74 Å². The van der Waals surface area contributed by atoms with Crippen LogP contribution in [-0.4, -0.2) is 39.1 Å². The Morgan fingerprint density at radius 2 is 1.74 bits per heavy atom. The third-order valence-electron chi connectivity index (χ3n) is 5.70. The van der Waals surface area contributed by atoms with E-state index in [2.05, 4.69) is 0 Å². The van der Waals surface area contributed by atoms with E-state index in [4.69, 9.17) is 9.84 Å². The Labute approximate surface area is 204 Å². The van der Waals surface area contributed by atoms with Crippen LogP contribution in [-0.2, 0) is 9.59 Å². The second kappa shape index (κ2) is 9.82. The molecule has 0 unspecified atom stereocenters. The molecular weight excluding hydrogens is 440 g/mol. The lowest BCUT2D eigenvalue weighted by Gasteiger charge is -2.26. The predicted molar refractivity (Wildman–Crippen MR) is 133 cm³/mol. The summed E-state index contributed by atoms with van der Waals surface area (Å²) in [4.78, 5) is 26.8. The molecule has 35 heavy (non-hydrogen) atoms. The monoisotopic (exact) mass is 466 g/mol. The van der Waals surface area contributed by atoms with Crippen molar-refractivity contribution in [2.24, 2.45) is 0 Å². The van der Waals surface area contributed by atoms with E-state index in [1.165, 1.54) is 0 Å². The van der Waals surface area contributed by atoms with Gasteiger partial charge in [0.1, 0.15) is 17.4 Å². The van der Waals surface area contributed by atoms with Gasteiger partial charge in [0, 0.05) is 29.4 Å². The summed E-state index contributed by atoms with van der Waals surface area (Å²) >= 11 is 0.